The van der Waals surface area contributed by atoms with Crippen LogP contribution in [0.15, 0.2) is 12.4 Å². The molecule has 1 unspecified atom stereocenters. The molecule has 8 nitrogen and oxygen atoms in total. The van der Waals surface area contributed by atoms with Crippen LogP contribution in [0.4, 0.5) is 48.3 Å². The molecule has 0 aliphatic rings. The Morgan fingerprint density at radius 1 is 0.914 bits per heavy atom. The summed E-state index contributed by atoms with van der Waals surface area (Å²) in [5.41, 5.74) is 0. The van der Waals surface area contributed by atoms with Gasteiger partial charge in [0.15, 0.2) is 0 Å². The van der Waals surface area contributed by atoms with Crippen molar-refractivity contribution in [2.75, 3.05) is 13.2 Å². The molecule has 0 spiro atoms. The number of carbonyl (C=O) groups is 2. The maximum Gasteiger partial charge on any atom is 0.466 e. The number of ether oxygens (including phenoxy) is 2. The lowest BCUT2D eigenvalue weighted by Crippen LogP contribution is -2.61. The zero-order valence-corrected chi connectivity index (χ0v) is 17.7. The van der Waals surface area contributed by atoms with Crippen molar-refractivity contribution >= 4 is 22.0 Å². The molecule has 2 N–H and O–H groups in total. The minimum Gasteiger partial charge on any atom is -0.410 e. The van der Waals surface area contributed by atoms with Gasteiger partial charge in [0, 0.05) is 13.0 Å². The predicted octanol–water partition coefficient (Wildman–Crippen LogP) is 3.64. The second-order valence-electron chi connectivity index (χ2n) is 6.53. The number of nitrogens with one attached hydrogen (secondary N) is 1. The van der Waals surface area contributed by atoms with Gasteiger partial charge < -0.3 is 14.8 Å². The molecule has 0 bridgehead atoms. The standard InChI is InChI=1S/C15H16F11NO7S/c1-8(16)9(28)34-13(14(22,23)24,10(29)27-6-5-12(19,20)21)33-7-3-2-4-11(17,18)15(25,26)35(30,31)32/h1-7H2,(H,27,29)(H,30,31,32). The fourth-order valence-corrected chi connectivity index (χ4v) is 2.51. The number of carbonyl (C=O) groups excluding carboxylic acids is 2. The summed E-state index contributed by atoms with van der Waals surface area (Å²) in [4.78, 5) is 23.2. The summed E-state index contributed by atoms with van der Waals surface area (Å²) >= 11 is 0. The molecule has 1 atom stereocenters. The fourth-order valence-electron chi connectivity index (χ4n) is 2.03. The number of esters is 1. The molecule has 35 heavy (non-hydrogen) atoms. The van der Waals surface area contributed by atoms with E-state index in [1.807, 2.05) is 0 Å². The SMILES string of the molecule is C=C(F)C(=O)OC(OCCCCC(F)(F)C(F)(F)S(=O)(=O)O)(C(=O)NCCC(F)(F)F)C(F)(F)F. The molecule has 0 heterocycles. The van der Waals surface area contributed by atoms with Crippen molar-refractivity contribution in [3.63, 3.8) is 0 Å². The highest BCUT2D eigenvalue weighted by Gasteiger charge is 2.67. The summed E-state index contributed by atoms with van der Waals surface area (Å²) in [5, 5.41) is -4.89. The van der Waals surface area contributed by atoms with Crippen LogP contribution in [0.5, 0.6) is 0 Å². The summed E-state index contributed by atoms with van der Waals surface area (Å²) in [6.45, 7) is -0.755. The maximum atomic E-state index is 13.5. The maximum absolute atomic E-state index is 13.5. The Bertz CT molecular complexity index is 887. The third-order valence-electron chi connectivity index (χ3n) is 3.76. The van der Waals surface area contributed by atoms with Crippen molar-refractivity contribution in [3.05, 3.63) is 12.4 Å². The molecular weight excluding hydrogens is 547 g/mol. The molecule has 0 aromatic rings. The number of amides is 1. The summed E-state index contributed by atoms with van der Waals surface area (Å²) < 4.78 is 180. The van der Waals surface area contributed by atoms with E-state index >= 15 is 0 Å². The molecule has 0 saturated carbocycles. The van der Waals surface area contributed by atoms with E-state index in [9.17, 15) is 66.3 Å². The molecule has 1 amide bonds. The first-order valence-corrected chi connectivity index (χ1v) is 10.2. The van der Waals surface area contributed by atoms with Crippen LogP contribution >= 0.6 is 0 Å². The Kier molecular flexibility index (Phi) is 10.5. The van der Waals surface area contributed by atoms with Crippen LogP contribution in [-0.2, 0) is 29.2 Å². The normalized spacial score (nSPS) is 15.3. The van der Waals surface area contributed by atoms with Gasteiger partial charge in [0.05, 0.1) is 13.0 Å². The van der Waals surface area contributed by atoms with Crippen LogP contribution in [0.25, 0.3) is 0 Å². The number of alkyl halides is 10. The van der Waals surface area contributed by atoms with Gasteiger partial charge in [-0.25, -0.2) is 4.79 Å². The van der Waals surface area contributed by atoms with Gasteiger partial charge in [-0.2, -0.15) is 56.7 Å². The first-order valence-electron chi connectivity index (χ1n) is 8.77. The van der Waals surface area contributed by atoms with Crippen LogP contribution in [0.2, 0.25) is 0 Å². The van der Waals surface area contributed by atoms with Crippen LogP contribution in [0.1, 0.15) is 25.7 Å². The summed E-state index contributed by atoms with van der Waals surface area (Å²) in [6.07, 6.45) is -17.3. The lowest BCUT2D eigenvalue weighted by atomic mass is 10.1. The van der Waals surface area contributed by atoms with Crippen LogP contribution in [0.3, 0.4) is 0 Å². The molecule has 0 aliphatic heterocycles. The van der Waals surface area contributed by atoms with Crippen molar-refractivity contribution in [1.29, 1.82) is 0 Å². The number of unbranched alkanes of at least 4 members (excludes halogenated alkanes) is 1. The Hall–Kier alpha value is -2.22. The first-order chi connectivity index (χ1) is 15.4. The van der Waals surface area contributed by atoms with E-state index < -0.39 is 96.0 Å². The van der Waals surface area contributed by atoms with Crippen molar-refractivity contribution in [3.8, 4) is 0 Å². The first kappa shape index (κ1) is 32.8. The van der Waals surface area contributed by atoms with Crippen molar-refractivity contribution in [2.45, 2.75) is 55.0 Å². The van der Waals surface area contributed by atoms with Gasteiger partial charge in [0.25, 0.3) is 0 Å². The predicted molar refractivity (Wildman–Crippen MR) is 90.1 cm³/mol. The van der Waals surface area contributed by atoms with E-state index in [1.165, 1.54) is 0 Å². The Morgan fingerprint density at radius 2 is 1.43 bits per heavy atom. The van der Waals surface area contributed by atoms with Gasteiger partial charge in [-0.05, 0) is 12.8 Å². The summed E-state index contributed by atoms with van der Waals surface area (Å²) in [7, 11) is -6.60. The van der Waals surface area contributed by atoms with Crippen LogP contribution < -0.4 is 5.32 Å². The van der Waals surface area contributed by atoms with E-state index in [4.69, 9.17) is 4.55 Å². The molecule has 0 rings (SSSR count). The van der Waals surface area contributed by atoms with E-state index in [1.54, 1.807) is 0 Å². The lowest BCUT2D eigenvalue weighted by Gasteiger charge is -2.33. The van der Waals surface area contributed by atoms with Crippen molar-refractivity contribution < 1.29 is 80.3 Å². The molecule has 0 fully saturated rings. The van der Waals surface area contributed by atoms with Crippen molar-refractivity contribution in [2.24, 2.45) is 0 Å². The third-order valence-corrected chi connectivity index (χ3v) is 4.71. The lowest BCUT2D eigenvalue weighted by molar-refractivity contribution is -0.347. The molecule has 206 valence electrons. The molecule has 20 heteroatoms. The topological polar surface area (TPSA) is 119 Å². The number of hydrogen-bond acceptors (Lipinski definition) is 6. The second kappa shape index (κ2) is 11.2. The number of halogens is 11. The summed E-state index contributed by atoms with van der Waals surface area (Å²) in [5.74, 6) is -17.6. The zero-order chi connectivity index (χ0) is 28.1. The summed E-state index contributed by atoms with van der Waals surface area (Å²) in [6, 6.07) is 0. The molecule has 0 aromatic carbocycles. The number of rotatable bonds is 13. The number of hydrogen-bond donors (Lipinski definition) is 2. The van der Waals surface area contributed by atoms with Gasteiger partial charge in [0.1, 0.15) is 0 Å². The average molecular weight is 563 g/mol. The van der Waals surface area contributed by atoms with Crippen LogP contribution in [0, 0.1) is 0 Å². The minimum atomic E-state index is -6.60. The molecular formula is C15H16F11NO7S. The molecule has 0 radical (unpaired) electrons. The second-order valence-corrected chi connectivity index (χ2v) is 7.99. The van der Waals surface area contributed by atoms with Gasteiger partial charge in [0.2, 0.25) is 5.83 Å². The minimum absolute atomic E-state index is 1.09. The van der Waals surface area contributed by atoms with Crippen molar-refractivity contribution in [1.82, 2.24) is 5.32 Å². The van der Waals surface area contributed by atoms with Gasteiger partial charge in [-0.15, -0.1) is 0 Å². The monoisotopic (exact) mass is 563 g/mol. The average Bonchev–Trinajstić information content (AvgIpc) is 2.63. The van der Waals surface area contributed by atoms with E-state index in [-0.39, 0.29) is 0 Å². The zero-order valence-electron chi connectivity index (χ0n) is 16.9. The van der Waals surface area contributed by atoms with Gasteiger partial charge in [-0.3, -0.25) is 9.35 Å². The fraction of sp³-hybridized carbons (Fsp3) is 0.733. The highest BCUT2D eigenvalue weighted by atomic mass is 32.2. The Balaban J connectivity index is 5.62. The highest BCUT2D eigenvalue weighted by Crippen LogP contribution is 2.42. The molecule has 0 saturated heterocycles. The molecule has 0 aromatic heterocycles. The van der Waals surface area contributed by atoms with Gasteiger partial charge in [-0.1, -0.05) is 6.58 Å². The van der Waals surface area contributed by atoms with E-state index in [0.29, 0.717) is 0 Å². The largest absolute Gasteiger partial charge is 0.466 e. The van der Waals surface area contributed by atoms with Crippen LogP contribution in [-0.4, -0.2) is 67.3 Å². The highest BCUT2D eigenvalue weighted by molar-refractivity contribution is 7.87. The molecule has 0 aliphatic carbocycles. The third kappa shape index (κ3) is 8.74. The Labute approximate surface area is 189 Å². The van der Waals surface area contributed by atoms with E-state index in [0.717, 1.165) is 5.32 Å². The Morgan fingerprint density at radius 3 is 1.83 bits per heavy atom. The van der Waals surface area contributed by atoms with E-state index in [2.05, 4.69) is 16.1 Å². The quantitative estimate of drug-likeness (QED) is 0.0878. The van der Waals surface area contributed by atoms with Gasteiger partial charge >= 0.3 is 51.3 Å². The smallest absolute Gasteiger partial charge is 0.410 e.